The number of methoxy groups -OCH3 is 1. The Balaban J connectivity index is 1.85. The Kier molecular flexibility index (Phi) is 4.74. The first-order valence-corrected chi connectivity index (χ1v) is 6.65. The molecule has 1 N–H and O–H groups in total. The molecule has 18 heavy (non-hydrogen) atoms. The molecule has 2 heterocycles. The first kappa shape index (κ1) is 13.5. The molecule has 0 aliphatic carbocycles. The van der Waals surface area contributed by atoms with Gasteiger partial charge in [-0.3, -0.25) is 9.58 Å². The molecule has 1 aromatic heterocycles. The van der Waals surface area contributed by atoms with Gasteiger partial charge in [0, 0.05) is 39.0 Å². The van der Waals surface area contributed by atoms with E-state index in [4.69, 9.17) is 4.74 Å². The summed E-state index contributed by atoms with van der Waals surface area (Å²) in [7, 11) is 1.74. The van der Waals surface area contributed by atoms with Crippen molar-refractivity contribution >= 4 is 0 Å². The minimum absolute atomic E-state index is 0.216. The van der Waals surface area contributed by atoms with Gasteiger partial charge in [-0.15, -0.1) is 0 Å². The highest BCUT2D eigenvalue weighted by Crippen LogP contribution is 2.19. The van der Waals surface area contributed by atoms with Crippen LogP contribution in [0.2, 0.25) is 0 Å². The van der Waals surface area contributed by atoms with Crippen LogP contribution in [0.1, 0.15) is 18.9 Å². The third-order valence-corrected chi connectivity index (χ3v) is 3.73. The van der Waals surface area contributed by atoms with Crippen molar-refractivity contribution in [2.75, 3.05) is 26.8 Å². The van der Waals surface area contributed by atoms with Crippen LogP contribution in [0.3, 0.4) is 0 Å². The van der Waals surface area contributed by atoms with Crippen molar-refractivity contribution in [3.05, 3.63) is 18.0 Å². The van der Waals surface area contributed by atoms with Crippen molar-refractivity contribution in [2.45, 2.75) is 38.5 Å². The van der Waals surface area contributed by atoms with E-state index in [2.05, 4.69) is 23.1 Å². The molecule has 0 aromatic carbocycles. The maximum Gasteiger partial charge on any atom is 0.0714 e. The summed E-state index contributed by atoms with van der Waals surface area (Å²) in [6.45, 7) is 5.09. The zero-order chi connectivity index (χ0) is 13.0. The summed E-state index contributed by atoms with van der Waals surface area (Å²) in [4.78, 5) is 2.32. The van der Waals surface area contributed by atoms with Crippen molar-refractivity contribution in [1.29, 1.82) is 0 Å². The van der Waals surface area contributed by atoms with E-state index in [0.29, 0.717) is 0 Å². The molecular weight excluding hydrogens is 230 g/mol. The van der Waals surface area contributed by atoms with Crippen LogP contribution in [-0.2, 0) is 17.7 Å². The summed E-state index contributed by atoms with van der Waals surface area (Å²) in [6.07, 6.45) is 6.20. The van der Waals surface area contributed by atoms with Gasteiger partial charge in [0.2, 0.25) is 0 Å². The molecule has 0 spiro atoms. The third kappa shape index (κ3) is 3.10. The average Bonchev–Trinajstić information content (AvgIpc) is 3.02. The standard InChI is InChI=1S/C13H23N3O2/c1-3-16-8-11(7-14-16)4-5-15-9-13(18-2)6-12(15)10-17/h7-8,12-13,17H,3-6,9-10H2,1-2H3/t12-,13-/m0/s1. The zero-order valence-electron chi connectivity index (χ0n) is 11.2. The van der Waals surface area contributed by atoms with E-state index in [1.54, 1.807) is 7.11 Å². The minimum atomic E-state index is 0.216. The molecular formula is C13H23N3O2. The van der Waals surface area contributed by atoms with E-state index < -0.39 is 0 Å². The zero-order valence-corrected chi connectivity index (χ0v) is 11.2. The van der Waals surface area contributed by atoms with E-state index in [-0.39, 0.29) is 18.8 Å². The van der Waals surface area contributed by atoms with E-state index in [1.807, 2.05) is 10.9 Å². The van der Waals surface area contributed by atoms with Crippen LogP contribution in [0.15, 0.2) is 12.4 Å². The van der Waals surface area contributed by atoms with Crippen LogP contribution in [-0.4, -0.2) is 58.7 Å². The predicted molar refractivity (Wildman–Crippen MR) is 69.5 cm³/mol. The molecule has 0 radical (unpaired) electrons. The molecule has 5 nitrogen and oxygen atoms in total. The lowest BCUT2D eigenvalue weighted by Gasteiger charge is -2.21. The van der Waals surface area contributed by atoms with E-state index in [0.717, 1.165) is 32.5 Å². The van der Waals surface area contributed by atoms with Crippen LogP contribution in [0.4, 0.5) is 0 Å². The second kappa shape index (κ2) is 6.31. The number of ether oxygens (including phenoxy) is 1. The van der Waals surface area contributed by atoms with Crippen LogP contribution in [0, 0.1) is 0 Å². The Morgan fingerprint density at radius 2 is 2.39 bits per heavy atom. The fourth-order valence-electron chi connectivity index (χ4n) is 2.55. The molecule has 0 bridgehead atoms. The van der Waals surface area contributed by atoms with E-state index >= 15 is 0 Å². The molecule has 2 rings (SSSR count). The second-order valence-electron chi connectivity index (χ2n) is 4.88. The quantitative estimate of drug-likeness (QED) is 0.803. The van der Waals surface area contributed by atoms with Gasteiger partial charge in [0.05, 0.1) is 18.9 Å². The monoisotopic (exact) mass is 253 g/mol. The lowest BCUT2D eigenvalue weighted by atomic mass is 10.2. The summed E-state index contributed by atoms with van der Waals surface area (Å²) in [5.41, 5.74) is 1.26. The molecule has 102 valence electrons. The van der Waals surface area contributed by atoms with Crippen molar-refractivity contribution in [3.8, 4) is 0 Å². The van der Waals surface area contributed by atoms with Gasteiger partial charge in [0.15, 0.2) is 0 Å². The van der Waals surface area contributed by atoms with Gasteiger partial charge in [-0.1, -0.05) is 0 Å². The summed E-state index contributed by atoms with van der Waals surface area (Å²) >= 11 is 0. The fraction of sp³-hybridized carbons (Fsp3) is 0.769. The highest BCUT2D eigenvalue weighted by molar-refractivity contribution is 5.05. The van der Waals surface area contributed by atoms with Crippen molar-refractivity contribution in [2.24, 2.45) is 0 Å². The first-order valence-electron chi connectivity index (χ1n) is 6.65. The highest BCUT2D eigenvalue weighted by atomic mass is 16.5. The largest absolute Gasteiger partial charge is 0.395 e. The van der Waals surface area contributed by atoms with Crippen LogP contribution in [0.5, 0.6) is 0 Å². The summed E-state index contributed by atoms with van der Waals surface area (Å²) < 4.78 is 7.32. The van der Waals surface area contributed by atoms with Crippen molar-refractivity contribution < 1.29 is 9.84 Å². The summed E-state index contributed by atoms with van der Waals surface area (Å²) in [5, 5.41) is 13.6. The van der Waals surface area contributed by atoms with E-state index in [1.165, 1.54) is 5.56 Å². The Morgan fingerprint density at radius 3 is 3.00 bits per heavy atom. The fourth-order valence-corrected chi connectivity index (χ4v) is 2.55. The molecule has 0 saturated carbocycles. The number of aliphatic hydroxyl groups is 1. The van der Waals surface area contributed by atoms with Crippen LogP contribution in [0.25, 0.3) is 0 Å². The van der Waals surface area contributed by atoms with Gasteiger partial charge in [-0.25, -0.2) is 0 Å². The molecule has 1 saturated heterocycles. The molecule has 1 aromatic rings. The lowest BCUT2D eigenvalue weighted by molar-refractivity contribution is 0.108. The summed E-state index contributed by atoms with van der Waals surface area (Å²) in [5.74, 6) is 0. The number of rotatable bonds is 6. The molecule has 0 amide bonds. The topological polar surface area (TPSA) is 50.5 Å². The number of hydrogen-bond acceptors (Lipinski definition) is 4. The van der Waals surface area contributed by atoms with Crippen LogP contribution >= 0.6 is 0 Å². The molecule has 1 aliphatic heterocycles. The normalized spacial score (nSPS) is 24.8. The maximum atomic E-state index is 9.38. The maximum absolute atomic E-state index is 9.38. The number of aryl methyl sites for hydroxylation is 1. The molecule has 1 fully saturated rings. The van der Waals surface area contributed by atoms with Crippen molar-refractivity contribution in [3.63, 3.8) is 0 Å². The highest BCUT2D eigenvalue weighted by Gasteiger charge is 2.31. The third-order valence-electron chi connectivity index (χ3n) is 3.73. The Labute approximate surface area is 108 Å². The van der Waals surface area contributed by atoms with Gasteiger partial charge in [0.25, 0.3) is 0 Å². The van der Waals surface area contributed by atoms with Gasteiger partial charge in [-0.05, 0) is 25.3 Å². The molecule has 1 aliphatic rings. The molecule has 2 atom stereocenters. The van der Waals surface area contributed by atoms with Gasteiger partial charge >= 0.3 is 0 Å². The average molecular weight is 253 g/mol. The number of likely N-dealkylation sites (tertiary alicyclic amines) is 1. The SMILES string of the molecule is CCn1cc(CCN2C[C@@H](OC)C[C@H]2CO)cn1. The number of hydrogen-bond donors (Lipinski definition) is 1. The smallest absolute Gasteiger partial charge is 0.0714 e. The molecule has 5 heteroatoms. The first-order chi connectivity index (χ1) is 8.76. The van der Waals surface area contributed by atoms with Crippen LogP contribution < -0.4 is 0 Å². The number of aliphatic hydroxyl groups excluding tert-OH is 1. The number of aromatic nitrogens is 2. The van der Waals surface area contributed by atoms with Gasteiger partial charge in [-0.2, -0.15) is 5.10 Å². The Morgan fingerprint density at radius 1 is 1.56 bits per heavy atom. The molecule has 0 unspecified atom stereocenters. The van der Waals surface area contributed by atoms with Gasteiger partial charge < -0.3 is 9.84 Å². The van der Waals surface area contributed by atoms with Gasteiger partial charge in [0.1, 0.15) is 0 Å². The Hall–Kier alpha value is -0.910. The predicted octanol–water partition coefficient (Wildman–Crippen LogP) is 0.527. The Bertz CT molecular complexity index is 367. The summed E-state index contributed by atoms with van der Waals surface area (Å²) in [6, 6.07) is 0.246. The second-order valence-corrected chi connectivity index (χ2v) is 4.88. The van der Waals surface area contributed by atoms with E-state index in [9.17, 15) is 5.11 Å². The van der Waals surface area contributed by atoms with Crippen molar-refractivity contribution in [1.82, 2.24) is 14.7 Å². The minimum Gasteiger partial charge on any atom is -0.395 e. The lowest BCUT2D eigenvalue weighted by Crippen LogP contribution is -2.34. The number of nitrogens with zero attached hydrogens (tertiary/aromatic N) is 3.